The second-order valence-corrected chi connectivity index (χ2v) is 8.27. The van der Waals surface area contributed by atoms with Crippen molar-refractivity contribution in [3.05, 3.63) is 76.2 Å². The molecule has 5 nitrogen and oxygen atoms in total. The number of nitrogens with zero attached hydrogens (tertiary/aromatic N) is 2. The fourth-order valence-electron chi connectivity index (χ4n) is 3.10. The molecule has 7 heteroatoms. The van der Waals surface area contributed by atoms with E-state index >= 15 is 0 Å². The van der Waals surface area contributed by atoms with Crippen LogP contribution in [0.15, 0.2) is 48.7 Å². The number of benzene rings is 2. The monoisotopic (exact) mass is 423 g/mol. The molecular formula is C23H22FN3O2S. The second kappa shape index (κ2) is 8.28. The Kier molecular flexibility index (Phi) is 5.55. The number of amides is 1. The van der Waals surface area contributed by atoms with E-state index in [9.17, 15) is 9.18 Å². The van der Waals surface area contributed by atoms with Crippen LogP contribution in [0.25, 0.3) is 16.2 Å². The molecule has 1 N–H and O–H groups in total. The quantitative estimate of drug-likeness (QED) is 0.484. The average Bonchev–Trinajstić information content (AvgIpc) is 3.27. The van der Waals surface area contributed by atoms with Gasteiger partial charge in [0.2, 0.25) is 0 Å². The summed E-state index contributed by atoms with van der Waals surface area (Å²) >= 11 is 1.52. The number of carbonyl (C=O) groups excluding carboxylic acids is 1. The fraction of sp³-hybridized carbons (Fsp3) is 0.217. The largest absolute Gasteiger partial charge is 0.484 e. The van der Waals surface area contributed by atoms with E-state index in [-0.39, 0.29) is 18.3 Å². The van der Waals surface area contributed by atoms with Gasteiger partial charge < -0.3 is 10.1 Å². The maximum absolute atomic E-state index is 13.1. The first kappa shape index (κ1) is 20.1. The summed E-state index contributed by atoms with van der Waals surface area (Å²) in [6.07, 6.45) is 1.93. The molecule has 0 aliphatic rings. The smallest absolute Gasteiger partial charge is 0.258 e. The van der Waals surface area contributed by atoms with Gasteiger partial charge in [-0.2, -0.15) is 0 Å². The number of rotatable bonds is 6. The van der Waals surface area contributed by atoms with Gasteiger partial charge in [0.1, 0.15) is 11.6 Å². The van der Waals surface area contributed by atoms with Crippen molar-refractivity contribution >= 4 is 22.2 Å². The number of ether oxygens (including phenoxy) is 1. The summed E-state index contributed by atoms with van der Waals surface area (Å²) in [5, 5.41) is 2.90. The van der Waals surface area contributed by atoms with Crippen molar-refractivity contribution in [1.82, 2.24) is 14.7 Å². The molecule has 4 aromatic rings. The van der Waals surface area contributed by atoms with Crippen molar-refractivity contribution in [3.8, 4) is 17.0 Å². The van der Waals surface area contributed by atoms with Gasteiger partial charge in [-0.3, -0.25) is 9.20 Å². The molecular weight excluding hydrogens is 401 g/mol. The number of hydrogen-bond donors (Lipinski definition) is 1. The molecule has 0 saturated heterocycles. The Hall–Kier alpha value is -3.19. The number of aromatic nitrogens is 2. The Balaban J connectivity index is 1.38. The predicted octanol–water partition coefficient (Wildman–Crippen LogP) is 4.82. The third-order valence-electron chi connectivity index (χ3n) is 5.09. The van der Waals surface area contributed by atoms with Crippen LogP contribution in [0.5, 0.6) is 5.75 Å². The number of aryl methyl sites for hydroxylation is 3. The van der Waals surface area contributed by atoms with E-state index < -0.39 is 0 Å². The lowest BCUT2D eigenvalue weighted by Gasteiger charge is -2.09. The van der Waals surface area contributed by atoms with Crippen LogP contribution in [-0.2, 0) is 11.3 Å². The first-order chi connectivity index (χ1) is 14.4. The second-order valence-electron chi connectivity index (χ2n) is 7.21. The van der Waals surface area contributed by atoms with Crippen LogP contribution in [0, 0.1) is 26.6 Å². The topological polar surface area (TPSA) is 55.6 Å². The van der Waals surface area contributed by atoms with Crippen LogP contribution >= 0.6 is 11.3 Å². The van der Waals surface area contributed by atoms with Gasteiger partial charge in [0.25, 0.3) is 5.91 Å². The van der Waals surface area contributed by atoms with Crippen molar-refractivity contribution in [3.63, 3.8) is 0 Å². The lowest BCUT2D eigenvalue weighted by Crippen LogP contribution is -2.28. The summed E-state index contributed by atoms with van der Waals surface area (Å²) in [5.41, 5.74) is 5.00. The summed E-state index contributed by atoms with van der Waals surface area (Å²) in [4.78, 5) is 18.7. The predicted molar refractivity (Wildman–Crippen MR) is 116 cm³/mol. The molecule has 0 radical (unpaired) electrons. The lowest BCUT2D eigenvalue weighted by atomic mass is 10.1. The van der Waals surface area contributed by atoms with Crippen molar-refractivity contribution < 1.29 is 13.9 Å². The summed E-state index contributed by atoms with van der Waals surface area (Å²) in [6.45, 7) is 6.43. The van der Waals surface area contributed by atoms with Gasteiger partial charge in [0.05, 0.1) is 12.2 Å². The van der Waals surface area contributed by atoms with Gasteiger partial charge in [0, 0.05) is 22.3 Å². The highest BCUT2D eigenvalue weighted by molar-refractivity contribution is 7.17. The molecule has 2 aromatic carbocycles. The van der Waals surface area contributed by atoms with Gasteiger partial charge in [-0.25, -0.2) is 9.37 Å². The normalized spacial score (nSPS) is 11.1. The number of imidazole rings is 1. The van der Waals surface area contributed by atoms with E-state index in [1.165, 1.54) is 29.0 Å². The highest BCUT2D eigenvalue weighted by atomic mass is 32.1. The molecule has 2 heterocycles. The molecule has 30 heavy (non-hydrogen) atoms. The SMILES string of the molecule is Cc1ccc(OCC(=O)NCc2sc3nc(-c4ccc(F)cc4)cn3c2C)cc1C. The van der Waals surface area contributed by atoms with Crippen LogP contribution < -0.4 is 10.1 Å². The van der Waals surface area contributed by atoms with Gasteiger partial charge in [-0.1, -0.05) is 17.4 Å². The third-order valence-corrected chi connectivity index (χ3v) is 6.24. The minimum atomic E-state index is -0.268. The Morgan fingerprint density at radius 2 is 1.90 bits per heavy atom. The van der Waals surface area contributed by atoms with E-state index in [1.54, 1.807) is 12.1 Å². The standard InChI is InChI=1S/C23H22FN3O2S/c1-14-4-9-19(10-15(14)2)29-13-22(28)25-11-21-16(3)27-12-20(26-23(27)30-21)17-5-7-18(24)8-6-17/h4-10,12H,11,13H2,1-3H3,(H,25,28). The van der Waals surface area contributed by atoms with Crippen molar-refractivity contribution in [2.24, 2.45) is 0 Å². The van der Waals surface area contributed by atoms with E-state index in [0.717, 1.165) is 32.4 Å². The van der Waals surface area contributed by atoms with Crippen molar-refractivity contribution in [2.45, 2.75) is 27.3 Å². The van der Waals surface area contributed by atoms with E-state index in [4.69, 9.17) is 4.74 Å². The molecule has 0 fully saturated rings. The molecule has 0 aliphatic heterocycles. The van der Waals surface area contributed by atoms with Gasteiger partial charge in [0.15, 0.2) is 11.6 Å². The minimum absolute atomic E-state index is 0.0290. The van der Waals surface area contributed by atoms with Crippen LogP contribution in [-0.4, -0.2) is 21.9 Å². The molecule has 2 aromatic heterocycles. The van der Waals surface area contributed by atoms with Crippen molar-refractivity contribution in [2.75, 3.05) is 6.61 Å². The van der Waals surface area contributed by atoms with Crippen LogP contribution in [0.2, 0.25) is 0 Å². The first-order valence-electron chi connectivity index (χ1n) is 9.61. The zero-order chi connectivity index (χ0) is 21.3. The van der Waals surface area contributed by atoms with Gasteiger partial charge >= 0.3 is 0 Å². The van der Waals surface area contributed by atoms with E-state index in [0.29, 0.717) is 12.3 Å². The summed E-state index contributed by atoms with van der Waals surface area (Å²) in [5.74, 6) is 0.244. The lowest BCUT2D eigenvalue weighted by molar-refractivity contribution is -0.123. The highest BCUT2D eigenvalue weighted by Crippen LogP contribution is 2.27. The Bertz CT molecular complexity index is 1210. The zero-order valence-corrected chi connectivity index (χ0v) is 17.8. The molecule has 0 spiro atoms. The Morgan fingerprint density at radius 1 is 1.13 bits per heavy atom. The maximum atomic E-state index is 13.1. The molecule has 4 rings (SSSR count). The number of halogens is 1. The highest BCUT2D eigenvalue weighted by Gasteiger charge is 2.14. The Labute approximate surface area is 178 Å². The number of hydrogen-bond acceptors (Lipinski definition) is 4. The number of carbonyl (C=O) groups is 1. The van der Waals surface area contributed by atoms with Crippen LogP contribution in [0.3, 0.4) is 0 Å². The van der Waals surface area contributed by atoms with E-state index in [1.807, 2.05) is 49.6 Å². The number of thiazole rings is 1. The maximum Gasteiger partial charge on any atom is 0.258 e. The molecule has 0 aliphatic carbocycles. The minimum Gasteiger partial charge on any atom is -0.484 e. The van der Waals surface area contributed by atoms with Crippen LogP contribution in [0.1, 0.15) is 21.7 Å². The summed E-state index contributed by atoms with van der Waals surface area (Å²) in [7, 11) is 0. The molecule has 0 unspecified atom stereocenters. The molecule has 0 bridgehead atoms. The number of nitrogens with one attached hydrogen (secondary N) is 1. The molecule has 154 valence electrons. The fourth-order valence-corrected chi connectivity index (χ4v) is 4.14. The summed E-state index contributed by atoms with van der Waals surface area (Å²) in [6, 6.07) is 12.1. The van der Waals surface area contributed by atoms with Gasteiger partial charge in [-0.15, -0.1) is 0 Å². The van der Waals surface area contributed by atoms with Crippen LogP contribution in [0.4, 0.5) is 4.39 Å². The summed E-state index contributed by atoms with van der Waals surface area (Å²) < 4.78 is 20.7. The Morgan fingerprint density at radius 3 is 2.60 bits per heavy atom. The first-order valence-corrected chi connectivity index (χ1v) is 10.4. The number of fused-ring (bicyclic) bond motifs is 1. The van der Waals surface area contributed by atoms with E-state index in [2.05, 4.69) is 10.3 Å². The molecule has 0 atom stereocenters. The molecule has 0 saturated carbocycles. The van der Waals surface area contributed by atoms with Gasteiger partial charge in [-0.05, 0) is 68.3 Å². The average molecular weight is 424 g/mol. The van der Waals surface area contributed by atoms with Crippen molar-refractivity contribution in [1.29, 1.82) is 0 Å². The molecule has 1 amide bonds. The third kappa shape index (κ3) is 4.21. The zero-order valence-electron chi connectivity index (χ0n) is 17.0.